The third-order valence-electron chi connectivity index (χ3n) is 2.57. The molecular weight excluding hydrogens is 238 g/mol. The Kier molecular flexibility index (Phi) is 5.87. The van der Waals surface area contributed by atoms with Crippen LogP contribution < -0.4 is 15.5 Å². The smallest absolute Gasteiger partial charge is 0.285 e. The number of methoxy groups -OCH3 is 3. The van der Waals surface area contributed by atoms with Gasteiger partial charge in [-0.2, -0.15) is 5.90 Å². The minimum absolute atomic E-state index is 0.387. The molecule has 0 unspecified atom stereocenters. The Balaban J connectivity index is 2.44. The van der Waals surface area contributed by atoms with Crippen molar-refractivity contribution in [3.63, 3.8) is 0 Å². The molecule has 0 spiro atoms. The van der Waals surface area contributed by atoms with Crippen molar-refractivity contribution in [3.8, 4) is 11.5 Å². The summed E-state index contributed by atoms with van der Waals surface area (Å²) in [7, 11) is 4.54. The molecule has 0 heterocycles. The zero-order valence-electron chi connectivity index (χ0n) is 10.8. The first-order valence-electron chi connectivity index (χ1n) is 5.44. The van der Waals surface area contributed by atoms with Gasteiger partial charge in [-0.3, -0.25) is 0 Å². The van der Waals surface area contributed by atoms with Gasteiger partial charge in [-0.15, -0.1) is 0 Å². The third kappa shape index (κ3) is 3.85. The normalized spacial score (nSPS) is 11.3. The summed E-state index contributed by atoms with van der Waals surface area (Å²) in [6.07, 6.45) is 0.436. The van der Waals surface area contributed by atoms with Crippen LogP contribution in [0.15, 0.2) is 24.3 Å². The summed E-state index contributed by atoms with van der Waals surface area (Å²) >= 11 is 0. The van der Waals surface area contributed by atoms with Gasteiger partial charge in [-0.05, 0) is 24.3 Å². The van der Waals surface area contributed by atoms with Gasteiger partial charge in [0, 0.05) is 21.3 Å². The van der Waals surface area contributed by atoms with Crippen LogP contribution in [0, 0.1) is 0 Å². The Bertz CT molecular complexity index is 329. The minimum atomic E-state index is -1.07. The fraction of sp³-hybridized carbons (Fsp3) is 0.500. The Morgan fingerprint density at radius 3 is 1.89 bits per heavy atom. The second kappa shape index (κ2) is 7.17. The maximum atomic E-state index is 5.53. The molecule has 1 aromatic rings. The van der Waals surface area contributed by atoms with Crippen molar-refractivity contribution in [1.82, 2.24) is 0 Å². The lowest BCUT2D eigenvalue weighted by molar-refractivity contribution is -0.356. The van der Waals surface area contributed by atoms with Crippen LogP contribution in [0.5, 0.6) is 11.5 Å². The largest absolute Gasteiger partial charge is 0.493 e. The van der Waals surface area contributed by atoms with Crippen molar-refractivity contribution in [1.29, 1.82) is 0 Å². The Morgan fingerprint density at radius 1 is 0.944 bits per heavy atom. The van der Waals surface area contributed by atoms with Gasteiger partial charge in [0.05, 0.1) is 13.0 Å². The second-order valence-corrected chi connectivity index (χ2v) is 3.48. The maximum absolute atomic E-state index is 5.53. The van der Waals surface area contributed by atoms with Crippen molar-refractivity contribution < 1.29 is 23.8 Å². The summed E-state index contributed by atoms with van der Waals surface area (Å²) in [5.41, 5.74) is 0. The van der Waals surface area contributed by atoms with E-state index in [0.717, 1.165) is 0 Å². The summed E-state index contributed by atoms with van der Waals surface area (Å²) in [5.74, 6) is 5.23. The molecule has 0 aliphatic rings. The summed E-state index contributed by atoms with van der Waals surface area (Å²) < 4.78 is 21.0. The van der Waals surface area contributed by atoms with Crippen LogP contribution in [0.1, 0.15) is 6.42 Å². The van der Waals surface area contributed by atoms with Crippen molar-refractivity contribution >= 4 is 0 Å². The highest BCUT2D eigenvalue weighted by Crippen LogP contribution is 2.20. The molecule has 0 atom stereocenters. The van der Waals surface area contributed by atoms with Crippen molar-refractivity contribution in [2.24, 2.45) is 5.90 Å². The van der Waals surface area contributed by atoms with Crippen LogP contribution in [0.2, 0.25) is 0 Å². The van der Waals surface area contributed by atoms with Crippen LogP contribution in [-0.2, 0) is 14.2 Å². The average Bonchev–Trinajstić information content (AvgIpc) is 2.45. The lowest BCUT2D eigenvalue weighted by Crippen LogP contribution is -2.37. The lowest BCUT2D eigenvalue weighted by Gasteiger charge is -2.28. The van der Waals surface area contributed by atoms with E-state index >= 15 is 0 Å². The van der Waals surface area contributed by atoms with E-state index < -0.39 is 5.97 Å². The van der Waals surface area contributed by atoms with Crippen LogP contribution >= 0.6 is 0 Å². The van der Waals surface area contributed by atoms with E-state index in [2.05, 4.69) is 4.84 Å². The molecule has 6 heteroatoms. The molecule has 0 bridgehead atoms. The van der Waals surface area contributed by atoms with E-state index in [9.17, 15) is 0 Å². The SMILES string of the molecule is COC(CCOc1ccc(ON)cc1)(OC)OC. The number of nitrogens with two attached hydrogens (primary N) is 1. The molecule has 0 amide bonds. The molecule has 0 fully saturated rings. The zero-order valence-corrected chi connectivity index (χ0v) is 10.8. The third-order valence-corrected chi connectivity index (χ3v) is 2.57. The summed E-state index contributed by atoms with van der Waals surface area (Å²) in [4.78, 5) is 4.56. The highest BCUT2D eigenvalue weighted by Gasteiger charge is 2.29. The molecule has 1 aromatic carbocycles. The predicted molar refractivity (Wildman–Crippen MR) is 65.1 cm³/mol. The molecule has 6 nitrogen and oxygen atoms in total. The van der Waals surface area contributed by atoms with Gasteiger partial charge >= 0.3 is 0 Å². The molecule has 1 rings (SSSR count). The Labute approximate surface area is 106 Å². The van der Waals surface area contributed by atoms with Gasteiger partial charge in [-0.1, -0.05) is 0 Å². The molecule has 0 aliphatic carbocycles. The topological polar surface area (TPSA) is 72.2 Å². The number of ether oxygens (including phenoxy) is 4. The molecule has 0 aliphatic heterocycles. The highest BCUT2D eigenvalue weighted by molar-refractivity contribution is 5.30. The summed E-state index contributed by atoms with van der Waals surface area (Å²) in [6, 6.07) is 6.95. The fourth-order valence-electron chi connectivity index (χ4n) is 1.46. The van der Waals surface area contributed by atoms with E-state index in [1.54, 1.807) is 24.3 Å². The number of rotatable bonds is 8. The van der Waals surface area contributed by atoms with Crippen LogP contribution in [0.4, 0.5) is 0 Å². The minimum Gasteiger partial charge on any atom is -0.493 e. The monoisotopic (exact) mass is 257 g/mol. The first-order chi connectivity index (χ1) is 8.69. The first kappa shape index (κ1) is 14.7. The molecular formula is C12H19NO5. The van der Waals surface area contributed by atoms with Gasteiger partial charge in [-0.25, -0.2) is 0 Å². The second-order valence-electron chi connectivity index (χ2n) is 3.48. The standard InChI is InChI=1S/C12H19NO5/c1-14-12(15-2,16-3)8-9-17-10-4-6-11(18-13)7-5-10/h4-7H,8-9,13H2,1-3H3. The van der Waals surface area contributed by atoms with Crippen LogP contribution in [-0.4, -0.2) is 33.9 Å². The van der Waals surface area contributed by atoms with Gasteiger partial charge in [0.15, 0.2) is 0 Å². The van der Waals surface area contributed by atoms with Gasteiger partial charge in [0.2, 0.25) is 0 Å². The number of hydrogen-bond donors (Lipinski definition) is 1. The Morgan fingerprint density at radius 2 is 1.44 bits per heavy atom. The highest BCUT2D eigenvalue weighted by atomic mass is 16.9. The molecule has 0 aromatic heterocycles. The quantitative estimate of drug-likeness (QED) is 0.559. The molecule has 0 radical (unpaired) electrons. The summed E-state index contributed by atoms with van der Waals surface area (Å²) in [5, 5.41) is 0. The van der Waals surface area contributed by atoms with E-state index in [-0.39, 0.29) is 0 Å². The molecule has 18 heavy (non-hydrogen) atoms. The maximum Gasteiger partial charge on any atom is 0.285 e. The van der Waals surface area contributed by atoms with E-state index in [4.69, 9.17) is 24.8 Å². The van der Waals surface area contributed by atoms with E-state index in [1.165, 1.54) is 21.3 Å². The van der Waals surface area contributed by atoms with Crippen LogP contribution in [0.3, 0.4) is 0 Å². The van der Waals surface area contributed by atoms with E-state index in [0.29, 0.717) is 24.5 Å². The molecule has 0 saturated carbocycles. The van der Waals surface area contributed by atoms with Gasteiger partial charge < -0.3 is 23.8 Å². The predicted octanol–water partition coefficient (Wildman–Crippen LogP) is 1.30. The summed E-state index contributed by atoms with van der Waals surface area (Å²) in [6.45, 7) is 0.387. The molecule has 0 saturated heterocycles. The molecule has 2 N–H and O–H groups in total. The van der Waals surface area contributed by atoms with E-state index in [1.807, 2.05) is 0 Å². The number of benzene rings is 1. The van der Waals surface area contributed by atoms with Crippen LogP contribution in [0.25, 0.3) is 0 Å². The first-order valence-corrected chi connectivity index (χ1v) is 5.44. The zero-order chi connectivity index (χ0) is 13.4. The number of hydrogen-bond acceptors (Lipinski definition) is 6. The Hall–Kier alpha value is -1.34. The van der Waals surface area contributed by atoms with Crippen molar-refractivity contribution in [2.45, 2.75) is 12.4 Å². The lowest BCUT2D eigenvalue weighted by atomic mass is 10.3. The van der Waals surface area contributed by atoms with Gasteiger partial charge in [0.25, 0.3) is 5.97 Å². The average molecular weight is 257 g/mol. The van der Waals surface area contributed by atoms with Gasteiger partial charge in [0.1, 0.15) is 11.5 Å². The van der Waals surface area contributed by atoms with Crippen molar-refractivity contribution in [2.75, 3.05) is 27.9 Å². The molecule has 102 valence electrons. The van der Waals surface area contributed by atoms with Crippen molar-refractivity contribution in [3.05, 3.63) is 24.3 Å². The fourth-order valence-corrected chi connectivity index (χ4v) is 1.46.